The second-order valence-corrected chi connectivity index (χ2v) is 6.62. The lowest BCUT2D eigenvalue weighted by Crippen LogP contribution is -2.00. The average Bonchev–Trinajstić information content (AvgIpc) is 3.45. The van der Waals surface area contributed by atoms with Gasteiger partial charge in [0.15, 0.2) is 0 Å². The zero-order valence-corrected chi connectivity index (χ0v) is 16.0. The lowest BCUT2D eigenvalue weighted by molar-refractivity contribution is 0.301. The van der Waals surface area contributed by atoms with Crippen molar-refractivity contribution in [3.63, 3.8) is 0 Å². The van der Waals surface area contributed by atoms with Crippen LogP contribution in [0.1, 0.15) is 29.1 Å². The number of hydrogen-bond donors (Lipinski definition) is 0. The molecule has 4 rings (SSSR count). The van der Waals surface area contributed by atoms with Gasteiger partial charge in [-0.1, -0.05) is 47.7 Å². The van der Waals surface area contributed by atoms with Crippen molar-refractivity contribution in [3.05, 3.63) is 96.0 Å². The molecule has 6 nitrogen and oxygen atoms in total. The maximum absolute atomic E-state index is 5.82. The molecule has 146 valence electrons. The summed E-state index contributed by atoms with van der Waals surface area (Å²) in [6.07, 6.45) is 11.0. The molecule has 0 N–H and O–H groups in total. The van der Waals surface area contributed by atoms with Gasteiger partial charge >= 0.3 is 0 Å². The molecule has 4 aromatic rings. The highest BCUT2D eigenvalue weighted by molar-refractivity contribution is 5.65. The van der Waals surface area contributed by atoms with Gasteiger partial charge in [-0.2, -0.15) is 0 Å². The van der Waals surface area contributed by atoms with E-state index < -0.39 is 0 Å². The summed E-state index contributed by atoms with van der Waals surface area (Å²) in [7, 11) is 0. The highest BCUT2D eigenvalue weighted by Gasteiger charge is 2.03. The molecule has 2 aromatic heterocycles. The summed E-state index contributed by atoms with van der Waals surface area (Å²) < 4.78 is 13.1. The van der Waals surface area contributed by atoms with Crippen LogP contribution in [0.25, 0.3) is 12.2 Å². The van der Waals surface area contributed by atoms with E-state index in [-0.39, 0.29) is 0 Å². The van der Waals surface area contributed by atoms with Crippen molar-refractivity contribution in [1.82, 2.24) is 20.0 Å². The molecule has 0 radical (unpaired) electrons. The highest BCUT2D eigenvalue weighted by Crippen LogP contribution is 2.16. The van der Waals surface area contributed by atoms with Gasteiger partial charge in [0, 0.05) is 18.8 Å². The molecule has 0 amide bonds. The van der Waals surface area contributed by atoms with Crippen LogP contribution >= 0.6 is 0 Å². The minimum absolute atomic E-state index is 0.369. The van der Waals surface area contributed by atoms with Gasteiger partial charge in [0.05, 0.1) is 6.20 Å². The van der Waals surface area contributed by atoms with Crippen LogP contribution < -0.4 is 4.74 Å². The summed E-state index contributed by atoms with van der Waals surface area (Å²) >= 11 is 0. The van der Waals surface area contributed by atoms with Gasteiger partial charge in [-0.25, -0.2) is 4.98 Å². The maximum Gasteiger partial charge on any atom is 0.218 e. The fraction of sp³-hybridized carbons (Fsp3) is 0.174. The third-order valence-corrected chi connectivity index (χ3v) is 4.42. The summed E-state index contributed by atoms with van der Waals surface area (Å²) in [5, 5.41) is 7.78. The van der Waals surface area contributed by atoms with E-state index in [1.165, 1.54) is 5.56 Å². The minimum Gasteiger partial charge on any atom is -0.487 e. The Balaban J connectivity index is 1.24. The van der Waals surface area contributed by atoms with Crippen molar-refractivity contribution in [1.29, 1.82) is 0 Å². The van der Waals surface area contributed by atoms with E-state index in [4.69, 9.17) is 9.15 Å². The lowest BCUT2D eigenvalue weighted by atomic mass is 10.1. The molecule has 0 aliphatic rings. The second-order valence-electron chi connectivity index (χ2n) is 6.62. The molecule has 0 bridgehead atoms. The first-order valence-electron chi connectivity index (χ1n) is 9.58. The molecular formula is C23H22N4O2. The first kappa shape index (κ1) is 18.7. The predicted molar refractivity (Wildman–Crippen MR) is 111 cm³/mol. The van der Waals surface area contributed by atoms with Crippen LogP contribution in [0.3, 0.4) is 0 Å². The summed E-state index contributed by atoms with van der Waals surface area (Å²) in [6, 6.07) is 18.2. The molecule has 2 heterocycles. The zero-order chi connectivity index (χ0) is 19.7. The topological polar surface area (TPSA) is 66.0 Å². The fourth-order valence-corrected chi connectivity index (χ4v) is 2.90. The zero-order valence-electron chi connectivity index (χ0n) is 16.0. The Morgan fingerprint density at radius 2 is 1.86 bits per heavy atom. The van der Waals surface area contributed by atoms with Crippen LogP contribution in [0.15, 0.2) is 77.7 Å². The monoisotopic (exact) mass is 386 g/mol. The lowest BCUT2D eigenvalue weighted by Gasteiger charge is -2.06. The van der Waals surface area contributed by atoms with Gasteiger partial charge in [0.2, 0.25) is 5.89 Å². The molecule has 0 aliphatic carbocycles. The molecule has 6 heteroatoms. The smallest absolute Gasteiger partial charge is 0.218 e. The van der Waals surface area contributed by atoms with Crippen molar-refractivity contribution >= 4 is 12.2 Å². The summed E-state index contributed by atoms with van der Waals surface area (Å²) in [5.74, 6) is 1.38. The van der Waals surface area contributed by atoms with E-state index in [1.807, 2.05) is 65.5 Å². The number of nitrogens with zero attached hydrogens (tertiary/aromatic N) is 4. The first-order valence-corrected chi connectivity index (χ1v) is 9.58. The van der Waals surface area contributed by atoms with E-state index in [2.05, 4.69) is 27.4 Å². The van der Waals surface area contributed by atoms with Crippen LogP contribution in [0.5, 0.6) is 5.75 Å². The molecule has 0 saturated heterocycles. The van der Waals surface area contributed by atoms with E-state index in [1.54, 1.807) is 12.5 Å². The average molecular weight is 386 g/mol. The van der Waals surface area contributed by atoms with Gasteiger partial charge in [-0.3, -0.25) is 4.68 Å². The Labute approximate surface area is 169 Å². The quantitative estimate of drug-likeness (QED) is 0.419. The molecule has 0 saturated carbocycles. The van der Waals surface area contributed by atoms with E-state index in [0.717, 1.165) is 36.4 Å². The van der Waals surface area contributed by atoms with Gasteiger partial charge in [-0.15, -0.1) is 5.10 Å². The van der Waals surface area contributed by atoms with Crippen LogP contribution in [0.4, 0.5) is 0 Å². The van der Waals surface area contributed by atoms with Crippen LogP contribution in [-0.2, 0) is 19.6 Å². The Bertz CT molecular complexity index is 1020. The number of aromatic nitrogens is 4. The van der Waals surface area contributed by atoms with Crippen LogP contribution in [0, 0.1) is 0 Å². The predicted octanol–water partition coefficient (Wildman–Crippen LogP) is 4.65. The number of ether oxygens (including phenoxy) is 1. The van der Waals surface area contributed by atoms with Crippen LogP contribution in [0.2, 0.25) is 0 Å². The van der Waals surface area contributed by atoms with Crippen molar-refractivity contribution in [3.8, 4) is 5.75 Å². The SMILES string of the molecule is C(=Cc1nc(COc2ccc(CCCn3ccnn3)cc2)co1)c1ccccc1. The molecule has 0 atom stereocenters. The molecule has 0 spiro atoms. The molecule has 0 aliphatic heterocycles. The third-order valence-electron chi connectivity index (χ3n) is 4.42. The number of benzene rings is 2. The number of hydrogen-bond acceptors (Lipinski definition) is 5. The Kier molecular flexibility index (Phi) is 6.12. The van der Waals surface area contributed by atoms with Gasteiger partial charge < -0.3 is 9.15 Å². The minimum atomic E-state index is 0.369. The fourth-order valence-electron chi connectivity index (χ4n) is 2.90. The van der Waals surface area contributed by atoms with Crippen molar-refractivity contribution in [2.75, 3.05) is 0 Å². The van der Waals surface area contributed by atoms with E-state index >= 15 is 0 Å². The Morgan fingerprint density at radius 3 is 2.66 bits per heavy atom. The second kappa shape index (κ2) is 9.50. The summed E-state index contributed by atoms with van der Waals surface area (Å²) in [4.78, 5) is 4.43. The number of aryl methyl sites for hydroxylation is 2. The molecule has 0 unspecified atom stereocenters. The normalized spacial score (nSPS) is 11.2. The third kappa shape index (κ3) is 5.65. The van der Waals surface area contributed by atoms with Gasteiger partial charge in [0.25, 0.3) is 0 Å². The van der Waals surface area contributed by atoms with E-state index in [0.29, 0.717) is 12.5 Å². The number of oxazole rings is 1. The van der Waals surface area contributed by atoms with Crippen molar-refractivity contribution in [2.24, 2.45) is 0 Å². The van der Waals surface area contributed by atoms with Crippen molar-refractivity contribution in [2.45, 2.75) is 26.0 Å². The summed E-state index contributed by atoms with van der Waals surface area (Å²) in [6.45, 7) is 1.24. The van der Waals surface area contributed by atoms with E-state index in [9.17, 15) is 0 Å². The molecular weight excluding hydrogens is 364 g/mol. The van der Waals surface area contributed by atoms with Gasteiger partial charge in [0.1, 0.15) is 24.3 Å². The standard InChI is InChI=1S/C23H22N4O2/c1-2-5-19(6-3-1)10-13-23-25-21(18-29-23)17-28-22-11-8-20(9-12-22)7-4-15-27-16-14-24-26-27/h1-3,5-6,8-14,16,18H,4,7,15,17H2. The largest absolute Gasteiger partial charge is 0.487 e. The summed E-state index contributed by atoms with van der Waals surface area (Å²) in [5.41, 5.74) is 3.13. The Hall–Kier alpha value is -3.67. The van der Waals surface area contributed by atoms with Crippen molar-refractivity contribution < 1.29 is 9.15 Å². The maximum atomic E-state index is 5.82. The van der Waals surface area contributed by atoms with Crippen LogP contribution in [-0.4, -0.2) is 20.0 Å². The molecule has 2 aromatic carbocycles. The highest BCUT2D eigenvalue weighted by atomic mass is 16.5. The molecule has 29 heavy (non-hydrogen) atoms. The van der Waals surface area contributed by atoms with Gasteiger partial charge in [-0.05, 0) is 42.2 Å². The molecule has 0 fully saturated rings. The number of rotatable bonds is 9. The first-order chi connectivity index (χ1) is 14.3. The Morgan fingerprint density at radius 1 is 1.00 bits per heavy atom.